The van der Waals surface area contributed by atoms with Crippen LogP contribution in [0.5, 0.6) is 0 Å². The van der Waals surface area contributed by atoms with Gasteiger partial charge in [-0.2, -0.15) is 0 Å². The molecule has 1 aromatic carbocycles. The third-order valence-corrected chi connectivity index (χ3v) is 2.76. The van der Waals surface area contributed by atoms with E-state index in [9.17, 15) is 4.79 Å². The highest BCUT2D eigenvalue weighted by Crippen LogP contribution is 2.07. The standard InChI is InChI=1S/C16H22N2O3/c1-18(16(19)13-21-10-9-20-2)12-15-6-3-5-14(11-15)7-4-8-17/h3,5-6,11H,8-10,12-13,17H2,1-2H3. The second-order valence-corrected chi connectivity index (χ2v) is 4.50. The Labute approximate surface area is 126 Å². The number of hydrogen-bond donors (Lipinski definition) is 1. The number of benzene rings is 1. The Bertz CT molecular complexity index is 506. The zero-order valence-electron chi connectivity index (χ0n) is 12.6. The summed E-state index contributed by atoms with van der Waals surface area (Å²) >= 11 is 0. The lowest BCUT2D eigenvalue weighted by atomic mass is 10.1. The molecule has 0 fully saturated rings. The summed E-state index contributed by atoms with van der Waals surface area (Å²) in [5.74, 6) is 5.73. The van der Waals surface area contributed by atoms with Crippen molar-refractivity contribution in [3.63, 3.8) is 0 Å². The van der Waals surface area contributed by atoms with E-state index in [2.05, 4.69) is 11.8 Å². The molecule has 21 heavy (non-hydrogen) atoms. The highest BCUT2D eigenvalue weighted by Gasteiger charge is 2.09. The summed E-state index contributed by atoms with van der Waals surface area (Å²) in [7, 11) is 3.35. The van der Waals surface area contributed by atoms with Gasteiger partial charge in [0.2, 0.25) is 5.91 Å². The average molecular weight is 290 g/mol. The lowest BCUT2D eigenvalue weighted by Crippen LogP contribution is -2.30. The van der Waals surface area contributed by atoms with Crippen LogP contribution in [-0.2, 0) is 20.8 Å². The number of likely N-dealkylation sites (N-methyl/N-ethyl adjacent to an activating group) is 1. The van der Waals surface area contributed by atoms with Gasteiger partial charge in [0.05, 0.1) is 19.8 Å². The maximum atomic E-state index is 11.9. The van der Waals surface area contributed by atoms with Crippen molar-refractivity contribution < 1.29 is 14.3 Å². The minimum Gasteiger partial charge on any atom is -0.382 e. The monoisotopic (exact) mass is 290 g/mol. The third-order valence-electron chi connectivity index (χ3n) is 2.76. The fourth-order valence-electron chi connectivity index (χ4n) is 1.67. The molecule has 0 aliphatic carbocycles. The Morgan fingerprint density at radius 2 is 2.19 bits per heavy atom. The molecule has 114 valence electrons. The van der Waals surface area contributed by atoms with Gasteiger partial charge in [-0.05, 0) is 17.7 Å². The zero-order valence-corrected chi connectivity index (χ0v) is 12.6. The molecular weight excluding hydrogens is 268 g/mol. The Morgan fingerprint density at radius 1 is 1.38 bits per heavy atom. The van der Waals surface area contributed by atoms with Gasteiger partial charge < -0.3 is 20.1 Å². The van der Waals surface area contributed by atoms with Crippen LogP contribution in [0, 0.1) is 11.8 Å². The summed E-state index contributed by atoms with van der Waals surface area (Å²) in [6.45, 7) is 1.82. The fourth-order valence-corrected chi connectivity index (χ4v) is 1.67. The highest BCUT2D eigenvalue weighted by atomic mass is 16.5. The van der Waals surface area contributed by atoms with Crippen molar-refractivity contribution in [3.05, 3.63) is 35.4 Å². The van der Waals surface area contributed by atoms with Crippen molar-refractivity contribution in [1.82, 2.24) is 4.90 Å². The molecule has 0 aromatic heterocycles. The number of nitrogens with two attached hydrogens (primary N) is 1. The first-order valence-electron chi connectivity index (χ1n) is 6.76. The van der Waals surface area contributed by atoms with Crippen LogP contribution in [0.4, 0.5) is 0 Å². The molecule has 0 bridgehead atoms. The largest absolute Gasteiger partial charge is 0.382 e. The average Bonchev–Trinajstić information content (AvgIpc) is 2.49. The van der Waals surface area contributed by atoms with Crippen molar-refractivity contribution in [1.29, 1.82) is 0 Å². The van der Waals surface area contributed by atoms with Crippen molar-refractivity contribution >= 4 is 5.91 Å². The number of methoxy groups -OCH3 is 1. The first kappa shape index (κ1) is 17.2. The van der Waals surface area contributed by atoms with E-state index in [1.54, 1.807) is 19.1 Å². The van der Waals surface area contributed by atoms with E-state index < -0.39 is 0 Å². The van der Waals surface area contributed by atoms with Gasteiger partial charge in [-0.1, -0.05) is 24.0 Å². The van der Waals surface area contributed by atoms with Gasteiger partial charge >= 0.3 is 0 Å². The number of ether oxygens (including phenoxy) is 2. The quantitative estimate of drug-likeness (QED) is 0.590. The van der Waals surface area contributed by atoms with Crippen LogP contribution in [0.2, 0.25) is 0 Å². The van der Waals surface area contributed by atoms with Gasteiger partial charge in [-0.15, -0.1) is 0 Å². The van der Waals surface area contributed by atoms with E-state index in [-0.39, 0.29) is 12.5 Å². The molecule has 5 nitrogen and oxygen atoms in total. The number of carbonyl (C=O) groups excluding carboxylic acids is 1. The van der Waals surface area contributed by atoms with Gasteiger partial charge in [0.1, 0.15) is 6.61 Å². The maximum Gasteiger partial charge on any atom is 0.248 e. The molecule has 0 aliphatic heterocycles. The molecule has 0 spiro atoms. The molecule has 2 N–H and O–H groups in total. The Hall–Kier alpha value is -1.87. The highest BCUT2D eigenvalue weighted by molar-refractivity contribution is 5.77. The van der Waals surface area contributed by atoms with E-state index in [1.165, 1.54) is 0 Å². The van der Waals surface area contributed by atoms with Crippen LogP contribution < -0.4 is 5.73 Å². The molecule has 0 unspecified atom stereocenters. The number of hydrogen-bond acceptors (Lipinski definition) is 4. The van der Waals surface area contributed by atoms with E-state index in [0.717, 1.165) is 11.1 Å². The molecule has 0 atom stereocenters. The summed E-state index contributed by atoms with van der Waals surface area (Å²) < 4.78 is 10.1. The van der Waals surface area contributed by atoms with Gasteiger partial charge in [0, 0.05) is 26.3 Å². The van der Waals surface area contributed by atoms with Crippen LogP contribution in [0.15, 0.2) is 24.3 Å². The van der Waals surface area contributed by atoms with E-state index in [4.69, 9.17) is 15.2 Å². The van der Waals surface area contributed by atoms with Gasteiger partial charge in [-0.3, -0.25) is 4.79 Å². The minimum absolute atomic E-state index is 0.0620. The molecule has 0 radical (unpaired) electrons. The van der Waals surface area contributed by atoms with Crippen LogP contribution in [0.3, 0.4) is 0 Å². The SMILES string of the molecule is COCCOCC(=O)N(C)Cc1cccc(C#CCN)c1. The number of carbonyl (C=O) groups is 1. The van der Waals surface area contributed by atoms with E-state index >= 15 is 0 Å². The molecule has 1 amide bonds. The smallest absolute Gasteiger partial charge is 0.248 e. The van der Waals surface area contributed by atoms with Crippen molar-refractivity contribution in [2.75, 3.05) is 40.5 Å². The molecule has 1 aromatic rings. The second kappa shape index (κ2) is 9.94. The maximum absolute atomic E-state index is 11.9. The lowest BCUT2D eigenvalue weighted by molar-refractivity contribution is -0.135. The van der Waals surface area contributed by atoms with Gasteiger partial charge in [-0.25, -0.2) is 0 Å². The van der Waals surface area contributed by atoms with Crippen LogP contribution in [0.1, 0.15) is 11.1 Å². The topological polar surface area (TPSA) is 64.8 Å². The van der Waals surface area contributed by atoms with Crippen LogP contribution >= 0.6 is 0 Å². The van der Waals surface area contributed by atoms with Crippen LogP contribution in [-0.4, -0.2) is 51.3 Å². The van der Waals surface area contributed by atoms with Crippen molar-refractivity contribution in [2.45, 2.75) is 6.54 Å². The molecular formula is C16H22N2O3. The molecule has 5 heteroatoms. The molecule has 0 saturated carbocycles. The number of amides is 1. The Morgan fingerprint density at radius 3 is 2.90 bits per heavy atom. The van der Waals surface area contributed by atoms with Crippen molar-refractivity contribution in [3.8, 4) is 11.8 Å². The Balaban J connectivity index is 2.50. The normalized spacial score (nSPS) is 9.86. The predicted octanol–water partition coefficient (Wildman–Crippen LogP) is 0.618. The summed E-state index contributed by atoms with van der Waals surface area (Å²) in [5, 5.41) is 0. The Kier molecular flexibility index (Phi) is 8.14. The molecule has 0 heterocycles. The summed E-state index contributed by atoms with van der Waals surface area (Å²) in [4.78, 5) is 13.5. The summed E-state index contributed by atoms with van der Waals surface area (Å²) in [6, 6.07) is 7.76. The van der Waals surface area contributed by atoms with Gasteiger partial charge in [0.15, 0.2) is 0 Å². The summed E-state index contributed by atoms with van der Waals surface area (Å²) in [5.41, 5.74) is 7.27. The molecule has 1 rings (SSSR count). The van der Waals surface area contributed by atoms with Gasteiger partial charge in [0.25, 0.3) is 0 Å². The zero-order chi connectivity index (χ0) is 15.5. The van der Waals surface area contributed by atoms with Crippen LogP contribution in [0.25, 0.3) is 0 Å². The van der Waals surface area contributed by atoms with E-state index in [0.29, 0.717) is 26.3 Å². The fraction of sp³-hybridized carbons (Fsp3) is 0.438. The first-order chi connectivity index (χ1) is 10.2. The minimum atomic E-state index is -0.0652. The lowest BCUT2D eigenvalue weighted by Gasteiger charge is -2.17. The second-order valence-electron chi connectivity index (χ2n) is 4.50. The number of nitrogens with zero attached hydrogens (tertiary/aromatic N) is 1. The molecule has 0 aliphatic rings. The van der Waals surface area contributed by atoms with E-state index in [1.807, 2.05) is 24.3 Å². The number of rotatable bonds is 7. The molecule has 0 saturated heterocycles. The summed E-state index contributed by atoms with van der Waals surface area (Å²) in [6.07, 6.45) is 0. The predicted molar refractivity (Wildman–Crippen MR) is 81.5 cm³/mol. The first-order valence-corrected chi connectivity index (χ1v) is 6.76. The van der Waals surface area contributed by atoms with Crippen molar-refractivity contribution in [2.24, 2.45) is 5.73 Å². The third kappa shape index (κ3) is 6.91.